The number of aromatic nitrogens is 2. The maximum Gasteiger partial charge on any atom is 0.123 e. The predicted octanol–water partition coefficient (Wildman–Crippen LogP) is 11.4. The first-order chi connectivity index (χ1) is 22.6. The molecule has 0 aliphatic heterocycles. The van der Waals surface area contributed by atoms with Crippen molar-refractivity contribution in [2.45, 2.75) is 0 Å². The van der Waals surface area contributed by atoms with Crippen LogP contribution in [0.1, 0.15) is 0 Å². The lowest BCUT2D eigenvalue weighted by Crippen LogP contribution is -1.92. The third-order valence-corrected chi connectivity index (χ3v) is 8.40. The molecule has 0 saturated carbocycles. The van der Waals surface area contributed by atoms with E-state index in [-0.39, 0.29) is 11.6 Å². The van der Waals surface area contributed by atoms with E-state index in [1.165, 1.54) is 24.3 Å². The first kappa shape index (κ1) is 27.5. The number of pyridine rings is 2. The van der Waals surface area contributed by atoms with E-state index in [2.05, 4.69) is 72.8 Å². The van der Waals surface area contributed by atoms with Gasteiger partial charge in [0.15, 0.2) is 0 Å². The monoisotopic (exact) mass is 596 g/mol. The minimum atomic E-state index is -0.273. The first-order valence-electron chi connectivity index (χ1n) is 15.1. The summed E-state index contributed by atoms with van der Waals surface area (Å²) in [5.74, 6) is -0.546. The van der Waals surface area contributed by atoms with Crippen LogP contribution in [-0.4, -0.2) is 9.97 Å². The molecule has 4 heteroatoms. The molecule has 0 unspecified atom stereocenters. The van der Waals surface area contributed by atoms with Crippen molar-refractivity contribution in [2.24, 2.45) is 0 Å². The Labute approximate surface area is 265 Å². The van der Waals surface area contributed by atoms with Crippen molar-refractivity contribution in [3.05, 3.63) is 169 Å². The van der Waals surface area contributed by atoms with Gasteiger partial charge in [0, 0.05) is 21.9 Å². The summed E-state index contributed by atoms with van der Waals surface area (Å²) in [6.45, 7) is 0. The van der Waals surface area contributed by atoms with Gasteiger partial charge in [0.25, 0.3) is 0 Å². The van der Waals surface area contributed by atoms with Crippen molar-refractivity contribution in [1.82, 2.24) is 9.97 Å². The molecule has 0 fully saturated rings. The molecular formula is C42H26F2N2. The second kappa shape index (κ2) is 11.5. The van der Waals surface area contributed by atoms with E-state index in [9.17, 15) is 8.78 Å². The standard InChI is InChI=1S/C42H26F2N2/c43-33-17-11-29(12-18-33)41-25-35(27-7-3-1-4-8-27)37-23-31(15-21-39(37)45-41)32-16-22-40-38(24-32)36(28-9-5-2-6-10-28)26-42(46-40)30-13-19-34(44)20-14-30/h1-26H. The molecule has 8 aromatic rings. The fourth-order valence-electron chi connectivity index (χ4n) is 6.06. The summed E-state index contributed by atoms with van der Waals surface area (Å²) in [7, 11) is 0. The SMILES string of the molecule is Fc1ccc(-c2cc(-c3ccccc3)c3cc(-c4ccc5nc(-c6ccc(F)cc6)cc(-c6ccccc6)c5c4)ccc3n2)cc1. The summed E-state index contributed by atoms with van der Waals surface area (Å²) in [6, 6.07) is 50.4. The molecule has 46 heavy (non-hydrogen) atoms. The summed E-state index contributed by atoms with van der Waals surface area (Å²) in [5, 5.41) is 2.06. The molecule has 8 rings (SSSR count). The van der Waals surface area contributed by atoms with Gasteiger partial charge in [0.05, 0.1) is 22.4 Å². The molecule has 0 aliphatic rings. The Morgan fingerprint density at radius 1 is 0.326 bits per heavy atom. The van der Waals surface area contributed by atoms with Crippen LogP contribution in [0.25, 0.3) is 77.7 Å². The van der Waals surface area contributed by atoms with Crippen LogP contribution in [0, 0.1) is 11.6 Å². The highest BCUT2D eigenvalue weighted by atomic mass is 19.1. The molecule has 0 saturated heterocycles. The van der Waals surface area contributed by atoms with Crippen LogP contribution < -0.4 is 0 Å². The van der Waals surface area contributed by atoms with Crippen LogP contribution in [0.5, 0.6) is 0 Å². The van der Waals surface area contributed by atoms with E-state index >= 15 is 0 Å². The number of hydrogen-bond acceptors (Lipinski definition) is 2. The Morgan fingerprint density at radius 2 is 0.696 bits per heavy atom. The fourth-order valence-corrected chi connectivity index (χ4v) is 6.06. The van der Waals surface area contributed by atoms with Crippen LogP contribution in [0.15, 0.2) is 158 Å². The number of halogens is 2. The molecule has 2 heterocycles. The minimum absolute atomic E-state index is 0.273. The molecule has 2 nitrogen and oxygen atoms in total. The zero-order valence-electron chi connectivity index (χ0n) is 24.7. The van der Waals surface area contributed by atoms with Gasteiger partial charge in [-0.15, -0.1) is 0 Å². The van der Waals surface area contributed by atoms with Crippen molar-refractivity contribution in [3.8, 4) is 55.9 Å². The Bertz CT molecular complexity index is 2180. The maximum atomic E-state index is 13.7. The number of fused-ring (bicyclic) bond motifs is 2. The van der Waals surface area contributed by atoms with E-state index in [1.54, 1.807) is 24.3 Å². The highest BCUT2D eigenvalue weighted by Gasteiger charge is 2.14. The zero-order valence-corrected chi connectivity index (χ0v) is 24.7. The molecule has 0 spiro atoms. The molecule has 0 radical (unpaired) electrons. The molecule has 0 amide bonds. The normalized spacial score (nSPS) is 11.3. The van der Waals surface area contributed by atoms with E-state index in [0.29, 0.717) is 0 Å². The number of nitrogens with zero attached hydrogens (tertiary/aromatic N) is 2. The molecule has 218 valence electrons. The second-order valence-electron chi connectivity index (χ2n) is 11.3. The molecule has 6 aromatic carbocycles. The summed E-state index contributed by atoms with van der Waals surface area (Å²) < 4.78 is 27.4. The predicted molar refractivity (Wildman–Crippen MR) is 184 cm³/mol. The Morgan fingerprint density at radius 3 is 1.09 bits per heavy atom. The van der Waals surface area contributed by atoms with Crippen molar-refractivity contribution < 1.29 is 8.78 Å². The Balaban J connectivity index is 1.30. The second-order valence-corrected chi connectivity index (χ2v) is 11.3. The van der Waals surface area contributed by atoms with Crippen molar-refractivity contribution in [1.29, 1.82) is 0 Å². The first-order valence-corrected chi connectivity index (χ1v) is 15.1. The topological polar surface area (TPSA) is 25.8 Å². The van der Waals surface area contributed by atoms with Gasteiger partial charge in [-0.3, -0.25) is 0 Å². The lowest BCUT2D eigenvalue weighted by atomic mass is 9.93. The van der Waals surface area contributed by atoms with Crippen molar-refractivity contribution in [2.75, 3.05) is 0 Å². The molecule has 0 atom stereocenters. The van der Waals surface area contributed by atoms with Gasteiger partial charge in [0.2, 0.25) is 0 Å². The summed E-state index contributed by atoms with van der Waals surface area (Å²) in [5.41, 5.74) is 11.4. The van der Waals surface area contributed by atoms with Crippen molar-refractivity contribution >= 4 is 21.8 Å². The minimum Gasteiger partial charge on any atom is -0.248 e. The third kappa shape index (κ3) is 5.20. The molecular weight excluding hydrogens is 570 g/mol. The van der Waals surface area contributed by atoms with Crippen LogP contribution in [0.4, 0.5) is 8.78 Å². The quantitative estimate of drug-likeness (QED) is 0.198. The summed E-state index contributed by atoms with van der Waals surface area (Å²) in [6.07, 6.45) is 0. The average Bonchev–Trinajstić information content (AvgIpc) is 3.11. The average molecular weight is 597 g/mol. The lowest BCUT2D eigenvalue weighted by Gasteiger charge is -2.14. The van der Waals surface area contributed by atoms with E-state index in [4.69, 9.17) is 9.97 Å². The van der Waals surface area contributed by atoms with Gasteiger partial charge in [0.1, 0.15) is 11.6 Å². The van der Waals surface area contributed by atoms with Gasteiger partial charge >= 0.3 is 0 Å². The van der Waals surface area contributed by atoms with Gasteiger partial charge in [-0.2, -0.15) is 0 Å². The lowest BCUT2D eigenvalue weighted by molar-refractivity contribution is 0.627. The van der Waals surface area contributed by atoms with Crippen LogP contribution in [0.2, 0.25) is 0 Å². The van der Waals surface area contributed by atoms with Crippen LogP contribution in [-0.2, 0) is 0 Å². The Hall–Kier alpha value is -6.00. The molecule has 0 N–H and O–H groups in total. The zero-order chi connectivity index (χ0) is 31.0. The largest absolute Gasteiger partial charge is 0.248 e. The molecule has 0 bridgehead atoms. The third-order valence-electron chi connectivity index (χ3n) is 8.40. The molecule has 2 aromatic heterocycles. The number of benzene rings is 6. The van der Waals surface area contributed by atoms with Crippen LogP contribution in [0.3, 0.4) is 0 Å². The van der Waals surface area contributed by atoms with Gasteiger partial charge in [-0.1, -0.05) is 72.8 Å². The van der Waals surface area contributed by atoms with Crippen LogP contribution >= 0.6 is 0 Å². The van der Waals surface area contributed by atoms with E-state index < -0.39 is 0 Å². The fraction of sp³-hybridized carbons (Fsp3) is 0. The smallest absolute Gasteiger partial charge is 0.123 e. The number of hydrogen-bond donors (Lipinski definition) is 0. The van der Waals surface area contributed by atoms with Crippen molar-refractivity contribution in [3.63, 3.8) is 0 Å². The summed E-state index contributed by atoms with van der Waals surface area (Å²) in [4.78, 5) is 9.98. The summed E-state index contributed by atoms with van der Waals surface area (Å²) >= 11 is 0. The Kier molecular flexibility index (Phi) is 6.88. The number of rotatable bonds is 5. The molecule has 0 aliphatic carbocycles. The van der Waals surface area contributed by atoms with Gasteiger partial charge in [-0.25, -0.2) is 18.7 Å². The van der Waals surface area contributed by atoms with Gasteiger partial charge < -0.3 is 0 Å². The van der Waals surface area contributed by atoms with E-state index in [0.717, 1.165) is 77.7 Å². The highest BCUT2D eigenvalue weighted by molar-refractivity contribution is 6.02. The maximum absolute atomic E-state index is 13.7. The van der Waals surface area contributed by atoms with Gasteiger partial charge in [-0.05, 0) is 118 Å². The highest BCUT2D eigenvalue weighted by Crippen LogP contribution is 2.38. The van der Waals surface area contributed by atoms with E-state index in [1.807, 2.05) is 36.4 Å².